The van der Waals surface area contributed by atoms with E-state index in [1.54, 1.807) is 30.2 Å². The Bertz CT molecular complexity index is 1290. The number of carbonyl (C=O) groups excluding carboxylic acids is 1. The Hall–Kier alpha value is -2.63. The molecule has 2 aromatic carbocycles. The molecule has 1 aliphatic carbocycles. The molecule has 42 heavy (non-hydrogen) atoms. The van der Waals surface area contributed by atoms with E-state index in [0.717, 1.165) is 40.2 Å². The predicted octanol–water partition coefficient (Wildman–Crippen LogP) is 6.21. The van der Waals surface area contributed by atoms with Crippen molar-refractivity contribution >= 4 is 42.5 Å². The molecule has 220 valence electrons. The molecule has 7 nitrogen and oxygen atoms in total. The fourth-order valence-corrected chi connectivity index (χ4v) is 6.11. The van der Waals surface area contributed by atoms with E-state index in [9.17, 15) is 14.7 Å². The molecule has 1 fully saturated rings. The molecule has 0 aliphatic heterocycles. The topological polar surface area (TPSA) is 101 Å². The average Bonchev–Trinajstić information content (AvgIpc) is 3.00. The number of amides is 1. The van der Waals surface area contributed by atoms with Crippen LogP contribution in [0.3, 0.4) is 0 Å². The number of aryl methyl sites for hydroxylation is 1. The van der Waals surface area contributed by atoms with Gasteiger partial charge in [-0.2, -0.15) is 22.0 Å². The van der Waals surface area contributed by atoms with Gasteiger partial charge in [0.15, 0.2) is 0 Å². The van der Waals surface area contributed by atoms with Gasteiger partial charge in [0.05, 0.1) is 6.20 Å². The zero-order chi connectivity index (χ0) is 29.0. The molecule has 2 unspecified atom stereocenters. The Morgan fingerprint density at radius 2 is 1.83 bits per heavy atom. The Morgan fingerprint density at radius 1 is 1.05 bits per heavy atom. The van der Waals surface area contributed by atoms with Crippen LogP contribution in [0, 0.1) is 12.8 Å². The molecule has 0 saturated heterocycles. The summed E-state index contributed by atoms with van der Waals surface area (Å²) >= 11 is 1.55. The second kappa shape index (κ2) is 17.5. The van der Waals surface area contributed by atoms with Gasteiger partial charge in [0.25, 0.3) is 5.91 Å². The third kappa shape index (κ3) is 9.44. The van der Waals surface area contributed by atoms with E-state index < -0.39 is 17.9 Å². The van der Waals surface area contributed by atoms with Crippen molar-refractivity contribution in [3.05, 3.63) is 83.2 Å². The molecule has 1 heterocycles. The first kappa shape index (κ1) is 33.9. The van der Waals surface area contributed by atoms with E-state index >= 15 is 0 Å². The minimum absolute atomic E-state index is 0. The number of carboxylic acids is 1. The Kier molecular flexibility index (Phi) is 14.1. The van der Waals surface area contributed by atoms with Gasteiger partial charge in [-0.1, -0.05) is 62.4 Å². The fourth-order valence-electron chi connectivity index (χ4n) is 5.64. The molecule has 2 atom stereocenters. The predicted molar refractivity (Wildman–Crippen MR) is 171 cm³/mol. The van der Waals surface area contributed by atoms with Crippen molar-refractivity contribution < 1.29 is 19.4 Å². The third-order valence-electron chi connectivity index (χ3n) is 7.92. The summed E-state index contributed by atoms with van der Waals surface area (Å²) in [6.45, 7) is 2.63. The molecule has 9 heteroatoms. The van der Waals surface area contributed by atoms with Crippen molar-refractivity contribution in [3.63, 3.8) is 0 Å². The first-order chi connectivity index (χ1) is 20.0. The number of carboxylic acid groups (broad SMARTS) is 1. The number of carbonyl (C=O) groups is 2. The molecule has 1 aliphatic rings. The molecule has 3 aromatic rings. The number of nitrogens with zero attached hydrogens (tertiary/aromatic N) is 2. The van der Waals surface area contributed by atoms with Gasteiger partial charge in [0.2, 0.25) is 0 Å². The van der Waals surface area contributed by atoms with Crippen molar-refractivity contribution in [1.82, 2.24) is 15.5 Å². The van der Waals surface area contributed by atoms with E-state index in [0.29, 0.717) is 24.3 Å². The summed E-state index contributed by atoms with van der Waals surface area (Å²) in [7, 11) is 0. The molecule has 1 amide bonds. The van der Waals surface area contributed by atoms with E-state index in [1.165, 1.54) is 38.5 Å². The molecule has 0 radical (unpaired) electrons. The molecule has 1 saturated carbocycles. The quantitative estimate of drug-likeness (QED) is 0.172. The van der Waals surface area contributed by atoms with Crippen molar-refractivity contribution in [2.24, 2.45) is 5.92 Å². The summed E-state index contributed by atoms with van der Waals surface area (Å²) in [6.07, 6.45) is 14.1. The summed E-state index contributed by atoms with van der Waals surface area (Å²) < 4.78 is 6.52. The van der Waals surface area contributed by atoms with Crippen molar-refractivity contribution in [1.29, 1.82) is 0 Å². The van der Waals surface area contributed by atoms with Crippen LogP contribution in [0.2, 0.25) is 0 Å². The SMILES string of the molecule is CSCCC(NC(=O)c1ccc(C(OCCCC2CCCCC2)c2ccnnc2)cc1-c1ccccc1C)C(=O)O.[LiH]. The van der Waals surface area contributed by atoms with E-state index in [1.807, 2.05) is 55.6 Å². The second-order valence-corrected chi connectivity index (χ2v) is 11.8. The van der Waals surface area contributed by atoms with Crippen LogP contribution in [0.5, 0.6) is 0 Å². The number of rotatable bonds is 14. The van der Waals surface area contributed by atoms with Gasteiger partial charge in [0.1, 0.15) is 12.1 Å². The number of nitrogens with one attached hydrogen (secondary N) is 1. The summed E-state index contributed by atoms with van der Waals surface area (Å²) in [4.78, 5) is 25.4. The van der Waals surface area contributed by atoms with Gasteiger partial charge in [0, 0.05) is 23.9 Å². The first-order valence-electron chi connectivity index (χ1n) is 14.6. The Balaban J connectivity index is 0.00000484. The number of thioether (sulfide) groups is 1. The molecular formula is C33H42LiN3O4S. The zero-order valence-electron chi connectivity index (χ0n) is 24.1. The normalized spacial score (nSPS) is 14.9. The van der Waals surface area contributed by atoms with Crippen LogP contribution in [0.15, 0.2) is 60.9 Å². The van der Waals surface area contributed by atoms with Crippen LogP contribution in [0.1, 0.15) is 84.5 Å². The zero-order valence-corrected chi connectivity index (χ0v) is 24.9. The number of hydrogen-bond acceptors (Lipinski definition) is 6. The maximum atomic E-state index is 13.5. The van der Waals surface area contributed by atoms with Crippen molar-refractivity contribution in [2.75, 3.05) is 18.6 Å². The molecule has 2 N–H and O–H groups in total. The van der Waals surface area contributed by atoms with Gasteiger partial charge >= 0.3 is 24.8 Å². The summed E-state index contributed by atoms with van der Waals surface area (Å²) in [5.41, 5.74) is 4.91. The maximum absolute atomic E-state index is 13.5. The second-order valence-electron chi connectivity index (χ2n) is 10.8. The Morgan fingerprint density at radius 3 is 2.52 bits per heavy atom. The molecule has 0 spiro atoms. The number of aliphatic carboxylic acids is 1. The summed E-state index contributed by atoms with van der Waals surface area (Å²) in [5.74, 6) is -0.00261. The van der Waals surface area contributed by atoms with Gasteiger partial charge in [-0.25, -0.2) is 4.79 Å². The summed E-state index contributed by atoms with van der Waals surface area (Å²) in [6, 6.07) is 14.6. The van der Waals surface area contributed by atoms with Crippen molar-refractivity contribution in [3.8, 4) is 11.1 Å². The van der Waals surface area contributed by atoms with E-state index in [-0.39, 0.29) is 25.0 Å². The first-order valence-corrected chi connectivity index (χ1v) is 16.0. The Labute approximate surface area is 265 Å². The fraction of sp³-hybridized carbons (Fsp3) is 0.455. The van der Waals surface area contributed by atoms with E-state index in [2.05, 4.69) is 15.5 Å². The van der Waals surface area contributed by atoms with Crippen LogP contribution in [-0.2, 0) is 9.53 Å². The minimum atomic E-state index is -1.03. The standard InChI is InChI=1S/C33H41N3O4S.Li.H/c1-23-9-6-7-13-27(23)29-21-25(14-15-28(29)32(37)36-30(33(38)39)17-20-41-2)31(26-16-18-34-35-22-26)40-19-8-12-24-10-4-3-5-11-24;;/h6-7,9,13-16,18,21-22,24,30-31H,3-5,8,10-12,17,19-20H2,1-2H3,(H,36,37)(H,38,39);;. The number of benzene rings is 2. The average molecular weight is 584 g/mol. The number of ether oxygens (including phenoxy) is 1. The molecule has 4 rings (SSSR count). The van der Waals surface area contributed by atoms with Crippen LogP contribution in [0.25, 0.3) is 11.1 Å². The van der Waals surface area contributed by atoms with Gasteiger partial charge < -0.3 is 15.2 Å². The monoisotopic (exact) mass is 583 g/mol. The third-order valence-corrected chi connectivity index (χ3v) is 8.56. The van der Waals surface area contributed by atoms with Crippen LogP contribution >= 0.6 is 11.8 Å². The van der Waals surface area contributed by atoms with Crippen LogP contribution in [0.4, 0.5) is 0 Å². The molecule has 1 aromatic heterocycles. The van der Waals surface area contributed by atoms with Gasteiger partial charge in [-0.15, -0.1) is 0 Å². The molecule has 0 bridgehead atoms. The van der Waals surface area contributed by atoms with E-state index in [4.69, 9.17) is 4.74 Å². The summed E-state index contributed by atoms with van der Waals surface area (Å²) in [5, 5.41) is 20.5. The van der Waals surface area contributed by atoms with Crippen molar-refractivity contribution in [2.45, 2.75) is 70.4 Å². The van der Waals surface area contributed by atoms with Gasteiger partial charge in [-0.05, 0) is 84.6 Å². The number of aromatic nitrogens is 2. The molecular weight excluding hydrogens is 541 g/mol. The van der Waals surface area contributed by atoms with Crippen LogP contribution in [-0.4, -0.2) is 70.7 Å². The van der Waals surface area contributed by atoms with Crippen LogP contribution < -0.4 is 5.32 Å². The van der Waals surface area contributed by atoms with Gasteiger partial charge in [-0.3, -0.25) is 4.79 Å². The number of hydrogen-bond donors (Lipinski definition) is 2.